The van der Waals surface area contributed by atoms with Crippen molar-refractivity contribution in [3.63, 3.8) is 0 Å². The minimum atomic E-state index is 0.246. The molecule has 2 N–H and O–H groups in total. The molecule has 0 aliphatic heterocycles. The Balaban J connectivity index is 3.06. The molecule has 0 saturated heterocycles. The van der Waals surface area contributed by atoms with Crippen LogP contribution in [0.25, 0.3) is 5.57 Å². The van der Waals surface area contributed by atoms with Crippen molar-refractivity contribution in [2.24, 2.45) is 10.7 Å². The molecule has 0 saturated carbocycles. The molecule has 0 aliphatic carbocycles. The monoisotopic (exact) mass is 237 g/mol. The van der Waals surface area contributed by atoms with Crippen LogP contribution in [0.15, 0.2) is 23.5 Å². The summed E-state index contributed by atoms with van der Waals surface area (Å²) in [5.74, 6) is 0. The number of pyridine rings is 1. The molecule has 0 unspecified atom stereocenters. The van der Waals surface area contributed by atoms with Crippen LogP contribution in [-0.4, -0.2) is 17.2 Å². The average molecular weight is 238 g/mol. The smallest absolute Gasteiger partial charge is 0.129 e. The van der Waals surface area contributed by atoms with Crippen LogP contribution in [0.2, 0.25) is 5.15 Å². The highest BCUT2D eigenvalue weighted by Crippen LogP contribution is 2.18. The van der Waals surface area contributed by atoms with Crippen LogP contribution in [0.5, 0.6) is 0 Å². The van der Waals surface area contributed by atoms with Gasteiger partial charge < -0.3 is 5.73 Å². The van der Waals surface area contributed by atoms with E-state index in [4.69, 9.17) is 17.3 Å². The zero-order valence-corrected chi connectivity index (χ0v) is 10.5. The van der Waals surface area contributed by atoms with Crippen molar-refractivity contribution in [1.29, 1.82) is 0 Å². The van der Waals surface area contributed by atoms with Crippen molar-refractivity contribution < 1.29 is 0 Å². The van der Waals surface area contributed by atoms with Gasteiger partial charge in [0.15, 0.2) is 0 Å². The zero-order valence-electron chi connectivity index (χ0n) is 9.74. The van der Waals surface area contributed by atoms with Crippen LogP contribution >= 0.6 is 11.6 Å². The Morgan fingerprint density at radius 2 is 2.25 bits per heavy atom. The summed E-state index contributed by atoms with van der Waals surface area (Å²) < 4.78 is 0. The molecule has 86 valence electrons. The molecule has 16 heavy (non-hydrogen) atoms. The van der Waals surface area contributed by atoms with Gasteiger partial charge >= 0.3 is 0 Å². The third kappa shape index (κ3) is 3.35. The van der Waals surface area contributed by atoms with Crippen molar-refractivity contribution in [3.8, 4) is 0 Å². The average Bonchev–Trinajstić information content (AvgIpc) is 2.21. The highest BCUT2D eigenvalue weighted by molar-refractivity contribution is 6.29. The van der Waals surface area contributed by atoms with E-state index in [0.29, 0.717) is 5.15 Å². The number of aliphatic imine (C=N–C) groups is 1. The van der Waals surface area contributed by atoms with E-state index in [1.807, 2.05) is 26.8 Å². The van der Waals surface area contributed by atoms with Crippen LogP contribution in [0.3, 0.4) is 0 Å². The lowest BCUT2D eigenvalue weighted by Crippen LogP contribution is -1.98. The first-order chi connectivity index (χ1) is 7.54. The first-order valence-corrected chi connectivity index (χ1v) is 5.50. The molecular formula is C12H16ClN3. The molecule has 0 atom stereocenters. The minimum absolute atomic E-state index is 0.246. The predicted molar refractivity (Wildman–Crippen MR) is 69.8 cm³/mol. The molecule has 0 aromatic carbocycles. The predicted octanol–water partition coefficient (Wildman–Crippen LogP) is 2.82. The van der Waals surface area contributed by atoms with Gasteiger partial charge in [0, 0.05) is 35.8 Å². The lowest BCUT2D eigenvalue weighted by molar-refractivity contribution is 0.842. The van der Waals surface area contributed by atoms with Crippen molar-refractivity contribution >= 4 is 23.4 Å². The number of allylic oxidation sites excluding steroid dienone is 1. The highest BCUT2D eigenvalue weighted by Gasteiger charge is 2.04. The second-order valence-electron chi connectivity index (χ2n) is 3.82. The first-order valence-electron chi connectivity index (χ1n) is 5.12. The van der Waals surface area contributed by atoms with Gasteiger partial charge in [-0.1, -0.05) is 11.6 Å². The maximum atomic E-state index is 5.80. The molecule has 1 aromatic rings. The highest BCUT2D eigenvalue weighted by atomic mass is 35.5. The van der Waals surface area contributed by atoms with Gasteiger partial charge in [-0.25, -0.2) is 4.98 Å². The van der Waals surface area contributed by atoms with E-state index in [9.17, 15) is 0 Å². The van der Waals surface area contributed by atoms with Crippen LogP contribution in [0.4, 0.5) is 0 Å². The van der Waals surface area contributed by atoms with E-state index < -0.39 is 0 Å². The summed E-state index contributed by atoms with van der Waals surface area (Å²) in [5, 5.41) is 0.485. The Labute approximate surface area is 101 Å². The Hall–Kier alpha value is -1.35. The Kier molecular flexibility index (Phi) is 4.50. The summed E-state index contributed by atoms with van der Waals surface area (Å²) in [7, 11) is 0. The van der Waals surface area contributed by atoms with Gasteiger partial charge in [-0.15, -0.1) is 0 Å². The Morgan fingerprint density at radius 1 is 1.56 bits per heavy atom. The van der Waals surface area contributed by atoms with Crippen LogP contribution in [-0.2, 0) is 0 Å². The number of hydrogen-bond donors (Lipinski definition) is 1. The number of nitrogens with zero attached hydrogens (tertiary/aromatic N) is 2. The van der Waals surface area contributed by atoms with Gasteiger partial charge in [-0.3, -0.25) is 4.99 Å². The summed E-state index contributed by atoms with van der Waals surface area (Å²) in [6.07, 6.45) is 5.01. The molecular weight excluding hydrogens is 222 g/mol. The fourth-order valence-electron chi connectivity index (χ4n) is 1.26. The van der Waals surface area contributed by atoms with E-state index >= 15 is 0 Å². The van der Waals surface area contributed by atoms with E-state index in [1.54, 1.807) is 12.4 Å². The van der Waals surface area contributed by atoms with Gasteiger partial charge in [0.1, 0.15) is 5.15 Å². The summed E-state index contributed by atoms with van der Waals surface area (Å²) in [5.41, 5.74) is 8.43. The van der Waals surface area contributed by atoms with E-state index in [1.165, 1.54) is 6.20 Å². The number of nitrogens with two attached hydrogens (primary N) is 1. The summed E-state index contributed by atoms with van der Waals surface area (Å²) in [6.45, 7) is 5.99. The van der Waals surface area contributed by atoms with Crippen LogP contribution in [0, 0.1) is 6.92 Å². The van der Waals surface area contributed by atoms with E-state index in [2.05, 4.69) is 9.98 Å². The van der Waals surface area contributed by atoms with Gasteiger partial charge in [-0.05, 0) is 32.4 Å². The van der Waals surface area contributed by atoms with Crippen molar-refractivity contribution in [2.75, 3.05) is 0 Å². The number of hydrogen-bond acceptors (Lipinski definition) is 3. The van der Waals surface area contributed by atoms with E-state index in [0.717, 1.165) is 16.7 Å². The maximum absolute atomic E-state index is 5.80. The number of aryl methyl sites for hydroxylation is 1. The van der Waals surface area contributed by atoms with Gasteiger partial charge in [-0.2, -0.15) is 0 Å². The molecule has 4 heteroatoms. The fourth-order valence-corrected chi connectivity index (χ4v) is 1.47. The Bertz CT molecular complexity index is 422. The lowest BCUT2D eigenvalue weighted by Gasteiger charge is -2.06. The molecule has 1 rings (SSSR count). The lowest BCUT2D eigenvalue weighted by atomic mass is 10.1. The molecule has 3 nitrogen and oxygen atoms in total. The van der Waals surface area contributed by atoms with Crippen molar-refractivity contribution in [1.82, 2.24) is 4.98 Å². The second kappa shape index (κ2) is 5.66. The normalized spacial score (nSPS) is 12.7. The largest absolute Gasteiger partial charge is 0.404 e. The maximum Gasteiger partial charge on any atom is 0.129 e. The number of rotatable bonds is 3. The quantitative estimate of drug-likeness (QED) is 0.649. The molecule has 0 bridgehead atoms. The SMILES string of the molecule is Cc1cc(Cl)ncc1/C(C=NC(C)C)=C/N. The molecule has 1 aromatic heterocycles. The minimum Gasteiger partial charge on any atom is -0.404 e. The van der Waals surface area contributed by atoms with Gasteiger partial charge in [0.25, 0.3) is 0 Å². The number of aromatic nitrogens is 1. The molecule has 0 radical (unpaired) electrons. The van der Waals surface area contributed by atoms with Gasteiger partial charge in [0.2, 0.25) is 0 Å². The topological polar surface area (TPSA) is 51.3 Å². The number of halogens is 1. The molecule has 0 amide bonds. The standard InChI is InChI=1S/C12H16ClN3/c1-8(2)15-6-10(5-14)11-7-16-12(13)4-9(11)3/h4-8H,14H2,1-3H3/b10-5+,15-6?. The molecule has 0 aliphatic rings. The first kappa shape index (κ1) is 12.7. The van der Waals surface area contributed by atoms with Crippen LogP contribution in [0.1, 0.15) is 25.0 Å². The van der Waals surface area contributed by atoms with Crippen molar-refractivity contribution in [2.45, 2.75) is 26.8 Å². The molecule has 1 heterocycles. The second-order valence-corrected chi connectivity index (χ2v) is 4.20. The summed E-state index contributed by atoms with van der Waals surface area (Å²) >= 11 is 5.80. The zero-order chi connectivity index (χ0) is 12.1. The third-order valence-electron chi connectivity index (χ3n) is 2.08. The van der Waals surface area contributed by atoms with E-state index in [-0.39, 0.29) is 6.04 Å². The third-order valence-corrected chi connectivity index (χ3v) is 2.29. The van der Waals surface area contributed by atoms with Crippen molar-refractivity contribution in [3.05, 3.63) is 34.7 Å². The van der Waals surface area contributed by atoms with Gasteiger partial charge in [0.05, 0.1) is 0 Å². The molecule has 0 spiro atoms. The summed E-state index contributed by atoms with van der Waals surface area (Å²) in [6, 6.07) is 2.05. The fraction of sp³-hybridized carbons (Fsp3) is 0.333. The molecule has 0 fully saturated rings. The Morgan fingerprint density at radius 3 is 2.75 bits per heavy atom. The van der Waals surface area contributed by atoms with Crippen LogP contribution < -0.4 is 5.73 Å². The summed E-state index contributed by atoms with van der Waals surface area (Å²) in [4.78, 5) is 8.34.